The Bertz CT molecular complexity index is 1170. The van der Waals surface area contributed by atoms with Crippen molar-refractivity contribution in [1.82, 2.24) is 19.5 Å². The van der Waals surface area contributed by atoms with Crippen LogP contribution in [0.3, 0.4) is 0 Å². The summed E-state index contributed by atoms with van der Waals surface area (Å²) in [5.74, 6) is -0.144. The monoisotopic (exact) mass is 470 g/mol. The van der Waals surface area contributed by atoms with Crippen molar-refractivity contribution < 1.29 is 13.2 Å². The molecule has 0 atom stereocenters. The Labute approximate surface area is 192 Å². The molecular formula is C23H26N4O3S2. The van der Waals surface area contributed by atoms with E-state index in [1.807, 2.05) is 37.3 Å². The van der Waals surface area contributed by atoms with E-state index in [0.29, 0.717) is 18.7 Å². The van der Waals surface area contributed by atoms with E-state index in [1.165, 1.54) is 12.1 Å². The zero-order valence-electron chi connectivity index (χ0n) is 17.9. The van der Waals surface area contributed by atoms with Crippen molar-refractivity contribution in [3.05, 3.63) is 81.8 Å². The normalized spacial score (nSPS) is 15.1. The highest BCUT2D eigenvalue weighted by atomic mass is 32.2. The van der Waals surface area contributed by atoms with Crippen LogP contribution < -0.4 is 4.72 Å². The van der Waals surface area contributed by atoms with Crippen molar-refractivity contribution >= 4 is 27.3 Å². The molecule has 7 nitrogen and oxygen atoms in total. The average Bonchev–Trinajstić information content (AvgIpc) is 3.23. The zero-order chi connectivity index (χ0) is 22.6. The fraction of sp³-hybridized carbons (Fsp3) is 0.304. The number of hydrogen-bond acceptors (Lipinski definition) is 6. The van der Waals surface area contributed by atoms with E-state index >= 15 is 0 Å². The van der Waals surface area contributed by atoms with Crippen molar-refractivity contribution in [3.63, 3.8) is 0 Å². The van der Waals surface area contributed by atoms with Gasteiger partial charge in [0.15, 0.2) is 0 Å². The van der Waals surface area contributed by atoms with Gasteiger partial charge in [-0.25, -0.2) is 18.1 Å². The molecule has 0 saturated carbocycles. The van der Waals surface area contributed by atoms with Gasteiger partial charge in [0.1, 0.15) is 0 Å². The molecule has 1 aliphatic rings. The van der Waals surface area contributed by atoms with Gasteiger partial charge < -0.3 is 4.90 Å². The number of rotatable bonds is 7. The summed E-state index contributed by atoms with van der Waals surface area (Å²) in [5.41, 5.74) is 2.32. The molecule has 1 aliphatic heterocycles. The van der Waals surface area contributed by atoms with E-state index < -0.39 is 10.0 Å². The zero-order valence-corrected chi connectivity index (χ0v) is 19.5. The Morgan fingerprint density at radius 3 is 2.50 bits per heavy atom. The Morgan fingerprint density at radius 1 is 1.06 bits per heavy atom. The fourth-order valence-corrected chi connectivity index (χ4v) is 5.32. The minimum absolute atomic E-state index is 0.0943. The van der Waals surface area contributed by atoms with Crippen LogP contribution in [-0.2, 0) is 23.1 Å². The van der Waals surface area contributed by atoms with E-state index in [0.717, 1.165) is 35.9 Å². The highest BCUT2D eigenvalue weighted by Gasteiger charge is 2.24. The highest BCUT2D eigenvalue weighted by Crippen LogP contribution is 2.17. The van der Waals surface area contributed by atoms with Crippen LogP contribution in [0, 0.1) is 6.92 Å². The Balaban J connectivity index is 1.37. The summed E-state index contributed by atoms with van der Waals surface area (Å²) in [6, 6.07) is 15.6. The van der Waals surface area contributed by atoms with Crippen LogP contribution in [0.4, 0.5) is 0 Å². The first-order valence-corrected chi connectivity index (χ1v) is 12.8. The lowest BCUT2D eigenvalue weighted by Gasteiger charge is -2.34. The molecule has 2 aromatic carbocycles. The number of nitrogens with zero attached hydrogens (tertiary/aromatic N) is 3. The molecule has 1 saturated heterocycles. The third kappa shape index (κ3) is 5.60. The SMILES string of the molecule is Cc1nc(CN2CCN(C(=O)c3cccc(S(=O)(=O)NCc4ccccc4)c3)CC2)cs1. The Morgan fingerprint density at radius 2 is 1.81 bits per heavy atom. The highest BCUT2D eigenvalue weighted by molar-refractivity contribution is 7.89. The van der Waals surface area contributed by atoms with Crippen molar-refractivity contribution in [3.8, 4) is 0 Å². The largest absolute Gasteiger partial charge is 0.336 e. The molecule has 1 fully saturated rings. The van der Waals surface area contributed by atoms with Gasteiger partial charge in [0.2, 0.25) is 10.0 Å². The lowest BCUT2D eigenvalue weighted by Crippen LogP contribution is -2.48. The van der Waals surface area contributed by atoms with Gasteiger partial charge >= 0.3 is 0 Å². The fourth-order valence-electron chi connectivity index (χ4n) is 3.66. The molecule has 2 heterocycles. The first-order valence-electron chi connectivity index (χ1n) is 10.5. The lowest BCUT2D eigenvalue weighted by atomic mass is 10.2. The van der Waals surface area contributed by atoms with Crippen LogP contribution in [0.1, 0.15) is 26.6 Å². The molecule has 0 aliphatic carbocycles. The molecule has 168 valence electrons. The second-order valence-electron chi connectivity index (χ2n) is 7.76. The van der Waals surface area contributed by atoms with Gasteiger partial charge in [-0.2, -0.15) is 0 Å². The van der Waals surface area contributed by atoms with E-state index in [2.05, 4.69) is 20.0 Å². The second-order valence-corrected chi connectivity index (χ2v) is 10.6. The molecule has 32 heavy (non-hydrogen) atoms. The molecule has 1 N–H and O–H groups in total. The number of sulfonamides is 1. The summed E-state index contributed by atoms with van der Waals surface area (Å²) in [5, 5.41) is 3.13. The summed E-state index contributed by atoms with van der Waals surface area (Å²) in [4.78, 5) is 21.7. The number of piperazine rings is 1. The van der Waals surface area contributed by atoms with E-state index in [1.54, 1.807) is 28.4 Å². The minimum Gasteiger partial charge on any atom is -0.336 e. The molecule has 4 rings (SSSR count). The smallest absolute Gasteiger partial charge is 0.253 e. The third-order valence-electron chi connectivity index (χ3n) is 5.41. The predicted molar refractivity (Wildman–Crippen MR) is 125 cm³/mol. The number of aromatic nitrogens is 1. The number of amides is 1. The number of carbonyl (C=O) groups is 1. The van der Waals surface area contributed by atoms with Gasteiger partial charge in [-0.15, -0.1) is 11.3 Å². The molecule has 3 aromatic rings. The van der Waals surface area contributed by atoms with Crippen LogP contribution in [0.5, 0.6) is 0 Å². The number of nitrogens with one attached hydrogen (secondary N) is 1. The second kappa shape index (κ2) is 9.91. The van der Waals surface area contributed by atoms with Crippen LogP contribution in [0.2, 0.25) is 0 Å². The average molecular weight is 471 g/mol. The molecule has 0 unspecified atom stereocenters. The number of aryl methyl sites for hydroxylation is 1. The van der Waals surface area contributed by atoms with Gasteiger partial charge in [-0.3, -0.25) is 9.69 Å². The van der Waals surface area contributed by atoms with Gasteiger partial charge in [0, 0.05) is 50.2 Å². The summed E-state index contributed by atoms with van der Waals surface area (Å²) in [6.07, 6.45) is 0. The van der Waals surface area contributed by atoms with Crippen LogP contribution >= 0.6 is 11.3 Å². The van der Waals surface area contributed by atoms with Gasteiger partial charge in [0.25, 0.3) is 5.91 Å². The summed E-state index contributed by atoms with van der Waals surface area (Å²) >= 11 is 1.64. The maximum atomic E-state index is 13.0. The van der Waals surface area contributed by atoms with Crippen LogP contribution in [0.15, 0.2) is 64.9 Å². The summed E-state index contributed by atoms with van der Waals surface area (Å²) in [6.45, 7) is 5.71. The molecule has 0 radical (unpaired) electrons. The maximum absolute atomic E-state index is 13.0. The Kier molecular flexibility index (Phi) is 7.00. The third-order valence-corrected chi connectivity index (χ3v) is 7.63. The standard InChI is InChI=1S/C23H26N4O3S2/c1-18-25-21(17-31-18)16-26-10-12-27(13-11-26)23(28)20-8-5-9-22(14-20)32(29,30)24-15-19-6-3-2-4-7-19/h2-9,14,17,24H,10-13,15-16H2,1H3. The first-order chi connectivity index (χ1) is 15.4. The number of thiazole rings is 1. The van der Waals surface area contributed by atoms with Crippen molar-refractivity contribution in [2.45, 2.75) is 24.9 Å². The van der Waals surface area contributed by atoms with Gasteiger partial charge in [0.05, 0.1) is 15.6 Å². The molecule has 9 heteroatoms. The topological polar surface area (TPSA) is 82.6 Å². The van der Waals surface area contributed by atoms with Crippen molar-refractivity contribution in [1.29, 1.82) is 0 Å². The predicted octanol–water partition coefficient (Wildman–Crippen LogP) is 2.89. The van der Waals surface area contributed by atoms with Crippen molar-refractivity contribution in [2.75, 3.05) is 26.2 Å². The molecule has 0 spiro atoms. The quantitative estimate of drug-likeness (QED) is 0.574. The van der Waals surface area contributed by atoms with Gasteiger partial charge in [-0.1, -0.05) is 36.4 Å². The van der Waals surface area contributed by atoms with E-state index in [-0.39, 0.29) is 17.3 Å². The molecule has 1 aromatic heterocycles. The molecule has 0 bridgehead atoms. The number of carbonyl (C=O) groups excluding carboxylic acids is 1. The van der Waals surface area contributed by atoms with Crippen LogP contribution in [-0.4, -0.2) is 55.3 Å². The molecular weight excluding hydrogens is 444 g/mol. The van der Waals surface area contributed by atoms with Crippen LogP contribution in [0.25, 0.3) is 0 Å². The lowest BCUT2D eigenvalue weighted by molar-refractivity contribution is 0.0627. The maximum Gasteiger partial charge on any atom is 0.253 e. The number of hydrogen-bond donors (Lipinski definition) is 1. The van der Waals surface area contributed by atoms with E-state index in [9.17, 15) is 13.2 Å². The Hall–Kier alpha value is -2.59. The summed E-state index contributed by atoms with van der Waals surface area (Å²) in [7, 11) is -3.72. The summed E-state index contributed by atoms with van der Waals surface area (Å²) < 4.78 is 28.1. The number of benzene rings is 2. The van der Waals surface area contributed by atoms with Gasteiger partial charge in [-0.05, 0) is 30.7 Å². The van der Waals surface area contributed by atoms with Crippen molar-refractivity contribution in [2.24, 2.45) is 0 Å². The van der Waals surface area contributed by atoms with E-state index in [4.69, 9.17) is 0 Å². The minimum atomic E-state index is -3.72. The first kappa shape index (κ1) is 22.6. The molecule has 1 amide bonds.